The summed E-state index contributed by atoms with van der Waals surface area (Å²) in [4.78, 5) is 0. The van der Waals surface area contributed by atoms with Gasteiger partial charge in [-0.2, -0.15) is 0 Å². The molecule has 0 heterocycles. The first-order valence-electron chi connectivity index (χ1n) is 2.93. The molecule has 2 heteroatoms. The number of rotatable bonds is 5. The van der Waals surface area contributed by atoms with Crippen LogP contribution in [-0.2, 0) is 4.74 Å². The summed E-state index contributed by atoms with van der Waals surface area (Å²) in [7, 11) is 0. The summed E-state index contributed by atoms with van der Waals surface area (Å²) in [6, 6.07) is 0. The summed E-state index contributed by atoms with van der Waals surface area (Å²) in [6.45, 7) is 3.75. The molecule has 0 unspecified atom stereocenters. The highest BCUT2D eigenvalue weighted by Gasteiger charge is 1.80. The maximum absolute atomic E-state index is 5.13. The van der Waals surface area contributed by atoms with E-state index in [1.807, 2.05) is 0 Å². The van der Waals surface area contributed by atoms with Gasteiger partial charge in [-0.05, 0) is 18.2 Å². The molecule has 0 fully saturated rings. The van der Waals surface area contributed by atoms with Crippen molar-refractivity contribution in [2.75, 3.05) is 13.2 Å². The molecule has 0 saturated heterocycles. The Labute approximate surface area is 56.0 Å². The lowest BCUT2D eigenvalue weighted by Crippen LogP contribution is -1.94. The van der Waals surface area contributed by atoms with Gasteiger partial charge in [-0.15, -0.1) is 0 Å². The number of hydrogen-bond donors (Lipinski definition) is 0. The van der Waals surface area contributed by atoms with Crippen LogP contribution in [0.4, 0.5) is 0 Å². The van der Waals surface area contributed by atoms with Crippen LogP contribution in [0.5, 0.6) is 0 Å². The Morgan fingerprint density at radius 1 is 1.50 bits per heavy atom. The first kappa shape index (κ1) is 8.05. The standard InChI is InChI=1S/C6H12OS/c1-2-4-7-5-3-6-8/h6H,2-5H2,1H3. The summed E-state index contributed by atoms with van der Waals surface area (Å²) in [5.41, 5.74) is 0. The Balaban J connectivity index is 2.62. The Hall–Kier alpha value is 0.0500. The minimum Gasteiger partial charge on any atom is -0.381 e. The highest BCUT2D eigenvalue weighted by Crippen LogP contribution is 1.81. The predicted octanol–water partition coefficient (Wildman–Crippen LogP) is 1.80. The van der Waals surface area contributed by atoms with Gasteiger partial charge in [0, 0.05) is 6.61 Å². The van der Waals surface area contributed by atoms with Crippen LogP contribution in [-0.4, -0.2) is 18.6 Å². The molecule has 0 atom stereocenters. The van der Waals surface area contributed by atoms with Crippen LogP contribution in [0, 0.1) is 0 Å². The molecule has 0 spiro atoms. The van der Waals surface area contributed by atoms with Crippen LogP contribution in [0.1, 0.15) is 19.8 Å². The van der Waals surface area contributed by atoms with Crippen LogP contribution in [0.25, 0.3) is 0 Å². The molecule has 0 amide bonds. The molecule has 0 aromatic heterocycles. The third kappa shape index (κ3) is 6.05. The minimum atomic E-state index is 0.789. The van der Waals surface area contributed by atoms with E-state index in [1.54, 1.807) is 5.37 Å². The second kappa shape index (κ2) is 7.05. The van der Waals surface area contributed by atoms with Gasteiger partial charge in [0.25, 0.3) is 0 Å². The maximum atomic E-state index is 5.13. The Kier molecular flexibility index (Phi) is 7.09. The first-order chi connectivity index (χ1) is 3.91. The first-order valence-corrected chi connectivity index (χ1v) is 3.40. The van der Waals surface area contributed by atoms with E-state index in [-0.39, 0.29) is 0 Å². The van der Waals surface area contributed by atoms with E-state index >= 15 is 0 Å². The summed E-state index contributed by atoms with van der Waals surface area (Å²) < 4.78 is 5.13. The molecule has 1 nitrogen and oxygen atoms in total. The lowest BCUT2D eigenvalue weighted by atomic mass is 10.5. The fraction of sp³-hybridized carbons (Fsp3) is 0.833. The van der Waals surface area contributed by atoms with Gasteiger partial charge >= 0.3 is 0 Å². The van der Waals surface area contributed by atoms with E-state index in [1.165, 1.54) is 0 Å². The number of hydrogen-bond acceptors (Lipinski definition) is 2. The quantitative estimate of drug-likeness (QED) is 0.416. The molecule has 0 aliphatic heterocycles. The fourth-order valence-electron chi connectivity index (χ4n) is 0.378. The van der Waals surface area contributed by atoms with Crippen molar-refractivity contribution in [3.8, 4) is 0 Å². The van der Waals surface area contributed by atoms with Crippen molar-refractivity contribution < 1.29 is 4.74 Å². The molecule has 0 rings (SSSR count). The zero-order valence-electron chi connectivity index (χ0n) is 5.22. The fourth-order valence-corrected chi connectivity index (χ4v) is 0.474. The average Bonchev–Trinajstić information content (AvgIpc) is 1.81. The summed E-state index contributed by atoms with van der Waals surface area (Å²) >= 11 is 4.60. The maximum Gasteiger partial charge on any atom is 0.0508 e. The van der Waals surface area contributed by atoms with Crippen molar-refractivity contribution >= 4 is 17.6 Å². The molecule has 0 bridgehead atoms. The Morgan fingerprint density at radius 2 is 2.25 bits per heavy atom. The third-order valence-electron chi connectivity index (χ3n) is 0.729. The molecule has 0 aliphatic rings. The van der Waals surface area contributed by atoms with Crippen molar-refractivity contribution in [2.24, 2.45) is 0 Å². The molecule has 0 radical (unpaired) electrons. The lowest BCUT2D eigenvalue weighted by Gasteiger charge is -1.95. The lowest BCUT2D eigenvalue weighted by molar-refractivity contribution is 0.142. The Morgan fingerprint density at radius 3 is 2.75 bits per heavy atom. The predicted molar refractivity (Wildman–Crippen MR) is 39.4 cm³/mol. The normalized spacial score (nSPS) is 9.12. The smallest absolute Gasteiger partial charge is 0.0508 e. The van der Waals surface area contributed by atoms with Crippen molar-refractivity contribution in [3.05, 3.63) is 0 Å². The number of ether oxygens (including phenoxy) is 1. The van der Waals surface area contributed by atoms with E-state index in [0.29, 0.717) is 0 Å². The van der Waals surface area contributed by atoms with Gasteiger partial charge < -0.3 is 4.74 Å². The molecule has 0 N–H and O–H groups in total. The second-order valence-electron chi connectivity index (χ2n) is 1.57. The van der Waals surface area contributed by atoms with Crippen molar-refractivity contribution in [1.82, 2.24) is 0 Å². The monoisotopic (exact) mass is 132 g/mol. The van der Waals surface area contributed by atoms with Crippen LogP contribution >= 0.6 is 12.2 Å². The molecular weight excluding hydrogens is 120 g/mol. The SMILES string of the molecule is CCCOCCC=S. The molecule has 48 valence electrons. The van der Waals surface area contributed by atoms with Crippen molar-refractivity contribution in [2.45, 2.75) is 19.8 Å². The van der Waals surface area contributed by atoms with Crippen LogP contribution in [0.3, 0.4) is 0 Å². The highest BCUT2D eigenvalue weighted by atomic mass is 32.1. The second-order valence-corrected chi connectivity index (χ2v) is 1.90. The summed E-state index contributed by atoms with van der Waals surface area (Å²) in [6.07, 6.45) is 1.99. The van der Waals surface area contributed by atoms with Gasteiger partial charge in [-0.1, -0.05) is 19.1 Å². The zero-order valence-corrected chi connectivity index (χ0v) is 6.04. The largest absolute Gasteiger partial charge is 0.381 e. The molecular formula is C6H12OS. The van der Waals surface area contributed by atoms with Crippen LogP contribution in [0.15, 0.2) is 0 Å². The third-order valence-corrected chi connectivity index (χ3v) is 0.964. The van der Waals surface area contributed by atoms with E-state index in [0.717, 1.165) is 26.1 Å². The van der Waals surface area contributed by atoms with E-state index < -0.39 is 0 Å². The van der Waals surface area contributed by atoms with Gasteiger partial charge in [-0.25, -0.2) is 0 Å². The van der Waals surface area contributed by atoms with Gasteiger partial charge in [0.2, 0.25) is 0 Å². The van der Waals surface area contributed by atoms with E-state index in [9.17, 15) is 0 Å². The van der Waals surface area contributed by atoms with Gasteiger partial charge in [-0.3, -0.25) is 0 Å². The van der Waals surface area contributed by atoms with Crippen molar-refractivity contribution in [3.63, 3.8) is 0 Å². The van der Waals surface area contributed by atoms with Crippen LogP contribution < -0.4 is 0 Å². The molecule has 8 heavy (non-hydrogen) atoms. The summed E-state index contributed by atoms with van der Waals surface area (Å²) in [5.74, 6) is 0. The highest BCUT2D eigenvalue weighted by molar-refractivity contribution is 7.78. The number of thiocarbonyl (C=S) groups is 1. The summed E-state index contributed by atoms with van der Waals surface area (Å²) in [5, 5.41) is 1.70. The van der Waals surface area contributed by atoms with Crippen LogP contribution in [0.2, 0.25) is 0 Å². The molecule has 0 aromatic rings. The topological polar surface area (TPSA) is 9.23 Å². The molecule has 0 saturated carbocycles. The molecule has 0 aliphatic carbocycles. The van der Waals surface area contributed by atoms with E-state index in [2.05, 4.69) is 19.1 Å². The van der Waals surface area contributed by atoms with Gasteiger partial charge in [0.15, 0.2) is 0 Å². The van der Waals surface area contributed by atoms with E-state index in [4.69, 9.17) is 4.74 Å². The zero-order chi connectivity index (χ0) is 6.24. The van der Waals surface area contributed by atoms with Gasteiger partial charge in [0.1, 0.15) is 0 Å². The molecule has 0 aromatic carbocycles. The van der Waals surface area contributed by atoms with Gasteiger partial charge in [0.05, 0.1) is 6.61 Å². The van der Waals surface area contributed by atoms with Crippen molar-refractivity contribution in [1.29, 1.82) is 0 Å². The minimum absolute atomic E-state index is 0.789. The Bertz CT molecular complexity index is 54.5. The average molecular weight is 132 g/mol.